The Morgan fingerprint density at radius 1 is 1.19 bits per heavy atom. The Morgan fingerprint density at radius 2 is 1.96 bits per heavy atom. The lowest BCUT2D eigenvalue weighted by Crippen LogP contribution is -2.67. The van der Waals surface area contributed by atoms with Crippen molar-refractivity contribution in [3.8, 4) is 0 Å². The lowest BCUT2D eigenvalue weighted by Gasteiger charge is -2.54. The SMILES string of the molecule is CCNC(=NCCCOCC1CCOCC1)NC1C2CCOC2C1(C)C.I. The zero-order valence-corrected chi connectivity index (χ0v) is 19.5. The maximum Gasteiger partial charge on any atom is 0.191 e. The van der Waals surface area contributed by atoms with E-state index in [0.29, 0.717) is 24.0 Å². The van der Waals surface area contributed by atoms with Crippen molar-refractivity contribution in [3.63, 3.8) is 0 Å². The molecular weight excluding hydrogens is 457 g/mol. The zero-order chi connectivity index (χ0) is 18.4. The first-order valence-electron chi connectivity index (χ1n) is 10.4. The van der Waals surface area contributed by atoms with Crippen LogP contribution in [0.2, 0.25) is 0 Å². The van der Waals surface area contributed by atoms with Crippen molar-refractivity contribution in [1.82, 2.24) is 10.6 Å². The third kappa shape index (κ3) is 5.93. The summed E-state index contributed by atoms with van der Waals surface area (Å²) >= 11 is 0. The van der Waals surface area contributed by atoms with E-state index in [2.05, 4.69) is 31.4 Å². The average Bonchev–Trinajstić information content (AvgIpc) is 3.10. The number of hydrogen-bond donors (Lipinski definition) is 2. The van der Waals surface area contributed by atoms with E-state index >= 15 is 0 Å². The van der Waals surface area contributed by atoms with E-state index in [0.717, 1.165) is 77.8 Å². The Bertz CT molecular complexity index is 469. The van der Waals surface area contributed by atoms with Crippen LogP contribution >= 0.6 is 24.0 Å². The van der Waals surface area contributed by atoms with Gasteiger partial charge in [0.15, 0.2) is 5.96 Å². The summed E-state index contributed by atoms with van der Waals surface area (Å²) in [4.78, 5) is 4.75. The van der Waals surface area contributed by atoms with Crippen molar-refractivity contribution in [3.05, 3.63) is 0 Å². The summed E-state index contributed by atoms with van der Waals surface area (Å²) in [5, 5.41) is 7.05. The van der Waals surface area contributed by atoms with Crippen molar-refractivity contribution in [2.45, 2.75) is 58.6 Å². The van der Waals surface area contributed by atoms with Gasteiger partial charge < -0.3 is 24.8 Å². The molecule has 3 atom stereocenters. The molecule has 27 heavy (non-hydrogen) atoms. The summed E-state index contributed by atoms with van der Waals surface area (Å²) < 4.78 is 17.1. The number of halogens is 1. The highest BCUT2D eigenvalue weighted by molar-refractivity contribution is 14.0. The van der Waals surface area contributed by atoms with Crippen LogP contribution in [0.5, 0.6) is 0 Å². The van der Waals surface area contributed by atoms with Crippen molar-refractivity contribution in [2.75, 3.05) is 46.1 Å². The van der Waals surface area contributed by atoms with Crippen molar-refractivity contribution in [1.29, 1.82) is 0 Å². The van der Waals surface area contributed by atoms with Gasteiger partial charge in [0.2, 0.25) is 0 Å². The lowest BCUT2D eigenvalue weighted by molar-refractivity contribution is -0.106. The molecule has 1 aliphatic carbocycles. The Morgan fingerprint density at radius 3 is 2.70 bits per heavy atom. The molecule has 0 aromatic carbocycles. The summed E-state index contributed by atoms with van der Waals surface area (Å²) in [6.07, 6.45) is 4.79. The third-order valence-electron chi connectivity index (χ3n) is 6.15. The minimum absolute atomic E-state index is 0. The standard InChI is InChI=1S/C20H37N3O3.HI/c1-4-21-19(23-17-16-8-13-26-18(16)20(17,2)3)22-9-5-10-25-14-15-6-11-24-12-7-15;/h15-18H,4-14H2,1-3H3,(H2,21,22,23);1H. The molecule has 3 aliphatic rings. The van der Waals surface area contributed by atoms with Crippen LogP contribution in [0.3, 0.4) is 0 Å². The van der Waals surface area contributed by atoms with Crippen LogP contribution in [-0.2, 0) is 14.2 Å². The Labute approximate surface area is 181 Å². The molecule has 0 spiro atoms. The van der Waals surface area contributed by atoms with Gasteiger partial charge in [0, 0.05) is 63.5 Å². The van der Waals surface area contributed by atoms with Gasteiger partial charge in [-0.1, -0.05) is 13.8 Å². The van der Waals surface area contributed by atoms with Gasteiger partial charge >= 0.3 is 0 Å². The van der Waals surface area contributed by atoms with Crippen LogP contribution in [-0.4, -0.2) is 64.2 Å². The van der Waals surface area contributed by atoms with Gasteiger partial charge in [-0.25, -0.2) is 0 Å². The molecule has 0 aromatic rings. The summed E-state index contributed by atoms with van der Waals surface area (Å²) in [6.45, 7) is 12.7. The van der Waals surface area contributed by atoms with E-state index < -0.39 is 0 Å². The number of guanidine groups is 1. The third-order valence-corrected chi connectivity index (χ3v) is 6.15. The Kier molecular flexibility index (Phi) is 9.58. The molecule has 2 heterocycles. The van der Waals surface area contributed by atoms with E-state index in [9.17, 15) is 0 Å². The molecule has 0 bridgehead atoms. The highest BCUT2D eigenvalue weighted by atomic mass is 127. The molecule has 0 aromatic heterocycles. The van der Waals surface area contributed by atoms with E-state index in [1.165, 1.54) is 0 Å². The lowest BCUT2D eigenvalue weighted by atomic mass is 9.57. The van der Waals surface area contributed by atoms with Gasteiger partial charge in [0.25, 0.3) is 0 Å². The number of hydrogen-bond acceptors (Lipinski definition) is 4. The van der Waals surface area contributed by atoms with Crippen LogP contribution < -0.4 is 10.6 Å². The predicted molar refractivity (Wildman–Crippen MR) is 119 cm³/mol. The van der Waals surface area contributed by atoms with Gasteiger partial charge in [-0.3, -0.25) is 4.99 Å². The second-order valence-corrected chi connectivity index (χ2v) is 8.43. The first-order valence-corrected chi connectivity index (χ1v) is 10.4. The summed E-state index contributed by atoms with van der Waals surface area (Å²) in [6, 6.07) is 0.442. The number of ether oxygens (including phenoxy) is 3. The van der Waals surface area contributed by atoms with E-state index in [1.54, 1.807) is 0 Å². The van der Waals surface area contributed by atoms with Crippen LogP contribution in [0.4, 0.5) is 0 Å². The fourth-order valence-corrected chi connectivity index (χ4v) is 4.61. The minimum atomic E-state index is 0. The molecule has 1 saturated carbocycles. The van der Waals surface area contributed by atoms with Gasteiger partial charge in [-0.15, -0.1) is 24.0 Å². The Hall–Kier alpha value is -0.120. The van der Waals surface area contributed by atoms with Crippen LogP contribution in [0.15, 0.2) is 4.99 Å². The highest BCUT2D eigenvalue weighted by Crippen LogP contribution is 2.52. The molecule has 3 fully saturated rings. The molecule has 2 aliphatic heterocycles. The van der Waals surface area contributed by atoms with E-state index in [4.69, 9.17) is 19.2 Å². The van der Waals surface area contributed by atoms with Gasteiger partial charge in [-0.2, -0.15) is 0 Å². The Balaban J connectivity index is 0.00000261. The van der Waals surface area contributed by atoms with E-state index in [-0.39, 0.29) is 29.4 Å². The largest absolute Gasteiger partial charge is 0.381 e. The van der Waals surface area contributed by atoms with Gasteiger partial charge in [0.1, 0.15) is 0 Å². The second kappa shape index (κ2) is 11.2. The maximum absolute atomic E-state index is 5.89. The quantitative estimate of drug-likeness (QED) is 0.235. The van der Waals surface area contributed by atoms with Crippen molar-refractivity contribution < 1.29 is 14.2 Å². The first-order chi connectivity index (χ1) is 12.6. The molecule has 0 amide bonds. The molecule has 7 heteroatoms. The normalized spacial score (nSPS) is 30.2. The van der Waals surface area contributed by atoms with Gasteiger partial charge in [0.05, 0.1) is 6.10 Å². The number of nitrogens with one attached hydrogen (secondary N) is 2. The van der Waals surface area contributed by atoms with Crippen molar-refractivity contribution >= 4 is 29.9 Å². The summed E-state index contributed by atoms with van der Waals surface area (Å²) in [5.74, 6) is 2.23. The molecule has 3 rings (SSSR count). The van der Waals surface area contributed by atoms with Crippen molar-refractivity contribution in [2.24, 2.45) is 22.2 Å². The number of aliphatic imine (C=N–C) groups is 1. The molecular formula is C20H38IN3O3. The fourth-order valence-electron chi connectivity index (χ4n) is 4.61. The predicted octanol–water partition coefficient (Wildman–Crippen LogP) is 2.81. The first kappa shape index (κ1) is 23.2. The number of fused-ring (bicyclic) bond motifs is 1. The smallest absolute Gasteiger partial charge is 0.191 e. The molecule has 6 nitrogen and oxygen atoms in total. The summed E-state index contributed by atoms with van der Waals surface area (Å²) in [7, 11) is 0. The summed E-state index contributed by atoms with van der Waals surface area (Å²) in [5.41, 5.74) is 0.171. The highest BCUT2D eigenvalue weighted by Gasteiger charge is 2.59. The number of rotatable bonds is 8. The van der Waals surface area contributed by atoms with Crippen LogP contribution in [0.1, 0.15) is 46.5 Å². The molecule has 3 unspecified atom stereocenters. The van der Waals surface area contributed by atoms with E-state index in [1.807, 2.05) is 0 Å². The number of nitrogens with zero attached hydrogens (tertiary/aromatic N) is 1. The molecule has 158 valence electrons. The minimum Gasteiger partial charge on any atom is -0.381 e. The second-order valence-electron chi connectivity index (χ2n) is 8.43. The zero-order valence-electron chi connectivity index (χ0n) is 17.2. The van der Waals surface area contributed by atoms with Gasteiger partial charge in [-0.05, 0) is 38.5 Å². The molecule has 0 radical (unpaired) electrons. The van der Waals surface area contributed by atoms with Crippen LogP contribution in [0.25, 0.3) is 0 Å². The van der Waals surface area contributed by atoms with Crippen LogP contribution in [0, 0.1) is 17.3 Å². The topological polar surface area (TPSA) is 64.1 Å². The molecule has 2 saturated heterocycles. The fraction of sp³-hybridized carbons (Fsp3) is 0.950. The maximum atomic E-state index is 5.89. The average molecular weight is 495 g/mol. The monoisotopic (exact) mass is 495 g/mol. The molecule has 2 N–H and O–H groups in total.